The number of carbonyl (C=O) groups excluding carboxylic acids is 1. The van der Waals surface area contributed by atoms with Crippen molar-refractivity contribution < 1.29 is 9.63 Å². The average molecular weight is 270 g/mol. The molecule has 2 rings (SSSR count). The first-order valence-corrected chi connectivity index (χ1v) is 5.81. The molecule has 0 aromatic heterocycles. The number of benzene rings is 1. The molecule has 80 valence electrons. The zero-order chi connectivity index (χ0) is 10.7. The highest BCUT2D eigenvalue weighted by atomic mass is 79.9. The molecule has 0 saturated carbocycles. The fraction of sp³-hybridized carbons (Fsp3) is 0.364. The first kappa shape index (κ1) is 10.6. The number of rotatable bonds is 3. The van der Waals surface area contributed by atoms with Crippen molar-refractivity contribution in [1.29, 1.82) is 0 Å². The molecule has 1 aliphatic heterocycles. The number of amides is 1. The van der Waals surface area contributed by atoms with E-state index in [1.54, 1.807) is 0 Å². The van der Waals surface area contributed by atoms with Crippen LogP contribution in [0.2, 0.25) is 0 Å². The molecule has 15 heavy (non-hydrogen) atoms. The third-order valence-electron chi connectivity index (χ3n) is 2.33. The summed E-state index contributed by atoms with van der Waals surface area (Å²) in [6, 6.07) is 9.83. The Morgan fingerprint density at radius 1 is 1.40 bits per heavy atom. The molecule has 3 nitrogen and oxygen atoms in total. The van der Waals surface area contributed by atoms with Gasteiger partial charge in [-0.3, -0.25) is 9.63 Å². The topological polar surface area (TPSA) is 29.5 Å². The average Bonchev–Trinajstić information content (AvgIpc) is 2.59. The van der Waals surface area contributed by atoms with Crippen LogP contribution in [0, 0.1) is 0 Å². The van der Waals surface area contributed by atoms with Crippen molar-refractivity contribution in [2.75, 3.05) is 6.54 Å². The van der Waals surface area contributed by atoms with Crippen LogP contribution < -0.4 is 0 Å². The first-order chi connectivity index (χ1) is 7.27. The lowest BCUT2D eigenvalue weighted by molar-refractivity contribution is -0.181. The van der Waals surface area contributed by atoms with Gasteiger partial charge in [0.2, 0.25) is 0 Å². The van der Waals surface area contributed by atoms with Gasteiger partial charge in [-0.1, -0.05) is 46.3 Å². The summed E-state index contributed by atoms with van der Waals surface area (Å²) in [7, 11) is 0. The Kier molecular flexibility index (Phi) is 3.38. The van der Waals surface area contributed by atoms with Gasteiger partial charge in [0.25, 0.3) is 5.91 Å². The van der Waals surface area contributed by atoms with E-state index in [4.69, 9.17) is 4.84 Å². The fourth-order valence-electron chi connectivity index (χ4n) is 1.48. The molecule has 1 atom stereocenters. The summed E-state index contributed by atoms with van der Waals surface area (Å²) in [6.07, 6.45) is 0.813. The second kappa shape index (κ2) is 4.77. The van der Waals surface area contributed by atoms with Gasteiger partial charge in [0, 0.05) is 0 Å². The Bertz CT molecular complexity index is 342. The quantitative estimate of drug-likeness (QED) is 0.787. The minimum absolute atomic E-state index is 0.0194. The minimum Gasteiger partial charge on any atom is -0.271 e. The largest absolute Gasteiger partial charge is 0.271 e. The monoisotopic (exact) mass is 269 g/mol. The molecule has 0 aliphatic carbocycles. The van der Waals surface area contributed by atoms with Gasteiger partial charge >= 0.3 is 0 Å². The van der Waals surface area contributed by atoms with E-state index in [1.165, 1.54) is 5.06 Å². The van der Waals surface area contributed by atoms with Crippen LogP contribution in [-0.2, 0) is 16.2 Å². The molecule has 1 aromatic carbocycles. The summed E-state index contributed by atoms with van der Waals surface area (Å²) in [6.45, 7) is 1.12. The third kappa shape index (κ3) is 2.58. The van der Waals surface area contributed by atoms with Crippen LogP contribution in [0.15, 0.2) is 30.3 Å². The van der Waals surface area contributed by atoms with Gasteiger partial charge in [0.05, 0.1) is 11.4 Å². The summed E-state index contributed by atoms with van der Waals surface area (Å²) >= 11 is 3.30. The van der Waals surface area contributed by atoms with Crippen LogP contribution in [-0.4, -0.2) is 22.3 Å². The van der Waals surface area contributed by atoms with Crippen molar-refractivity contribution >= 4 is 21.8 Å². The molecule has 0 N–H and O–H groups in total. The van der Waals surface area contributed by atoms with E-state index >= 15 is 0 Å². The van der Waals surface area contributed by atoms with Crippen molar-refractivity contribution in [3.63, 3.8) is 0 Å². The molecule has 1 saturated heterocycles. The molecule has 1 aromatic rings. The standard InChI is InChI=1S/C11H12BrNO2/c12-10-6-7-13(11(10)14)15-8-9-4-2-1-3-5-9/h1-5,10H,6-8H2/t10-/m0/s1. The number of nitrogens with zero attached hydrogens (tertiary/aromatic N) is 1. The van der Waals surface area contributed by atoms with Crippen molar-refractivity contribution in [1.82, 2.24) is 5.06 Å². The van der Waals surface area contributed by atoms with Crippen LogP contribution in [0.25, 0.3) is 0 Å². The Labute approximate surface area is 97.1 Å². The Hall–Kier alpha value is -0.870. The van der Waals surface area contributed by atoms with Gasteiger partial charge in [-0.15, -0.1) is 0 Å². The summed E-state index contributed by atoms with van der Waals surface area (Å²) in [4.78, 5) is 16.8. The molecule has 0 radical (unpaired) electrons. The van der Waals surface area contributed by atoms with Crippen molar-refractivity contribution in [2.45, 2.75) is 17.9 Å². The van der Waals surface area contributed by atoms with Crippen molar-refractivity contribution in [2.24, 2.45) is 0 Å². The lowest BCUT2D eigenvalue weighted by atomic mass is 10.2. The van der Waals surface area contributed by atoms with Gasteiger partial charge in [-0.05, 0) is 12.0 Å². The van der Waals surface area contributed by atoms with Crippen LogP contribution in [0.1, 0.15) is 12.0 Å². The predicted molar refractivity (Wildman–Crippen MR) is 60.3 cm³/mol. The van der Waals surface area contributed by atoms with Gasteiger partial charge in [0.15, 0.2) is 0 Å². The number of hydroxylamine groups is 2. The fourth-order valence-corrected chi connectivity index (χ4v) is 1.91. The second-order valence-electron chi connectivity index (χ2n) is 3.46. The van der Waals surface area contributed by atoms with E-state index in [0.717, 1.165) is 12.0 Å². The Morgan fingerprint density at radius 2 is 2.13 bits per heavy atom. The highest BCUT2D eigenvalue weighted by molar-refractivity contribution is 9.10. The third-order valence-corrected chi connectivity index (χ3v) is 3.18. The number of hydrogen-bond acceptors (Lipinski definition) is 2. The minimum atomic E-state index is -0.0757. The molecule has 1 fully saturated rings. The maximum atomic E-state index is 11.5. The van der Waals surface area contributed by atoms with Crippen LogP contribution >= 0.6 is 15.9 Å². The molecule has 1 heterocycles. The van der Waals surface area contributed by atoms with Gasteiger partial charge in [0.1, 0.15) is 6.61 Å². The molecule has 0 spiro atoms. The number of carbonyl (C=O) groups is 1. The summed E-state index contributed by atoms with van der Waals surface area (Å²) in [5, 5.41) is 1.44. The zero-order valence-corrected chi connectivity index (χ0v) is 9.81. The van der Waals surface area contributed by atoms with Gasteiger partial charge < -0.3 is 0 Å². The predicted octanol–water partition coefficient (Wildman–Crippen LogP) is 2.11. The maximum Gasteiger partial charge on any atom is 0.259 e. The number of hydrogen-bond donors (Lipinski definition) is 0. The first-order valence-electron chi connectivity index (χ1n) is 4.89. The van der Waals surface area contributed by atoms with Crippen LogP contribution in [0.4, 0.5) is 0 Å². The molecule has 0 unspecified atom stereocenters. The molecule has 4 heteroatoms. The van der Waals surface area contributed by atoms with Crippen LogP contribution in [0.5, 0.6) is 0 Å². The summed E-state index contributed by atoms with van der Waals surface area (Å²) in [5.41, 5.74) is 1.07. The molecule has 1 amide bonds. The second-order valence-corrected chi connectivity index (χ2v) is 4.56. The molecular formula is C11H12BrNO2. The molecule has 1 aliphatic rings. The lowest BCUT2D eigenvalue weighted by Gasteiger charge is -2.15. The van der Waals surface area contributed by atoms with E-state index in [0.29, 0.717) is 13.2 Å². The Balaban J connectivity index is 1.87. The number of alkyl halides is 1. The highest BCUT2D eigenvalue weighted by Gasteiger charge is 2.30. The van der Waals surface area contributed by atoms with E-state index in [2.05, 4.69) is 15.9 Å². The summed E-state index contributed by atoms with van der Waals surface area (Å²) < 4.78 is 0. The van der Waals surface area contributed by atoms with Crippen molar-refractivity contribution in [3.8, 4) is 0 Å². The van der Waals surface area contributed by atoms with Gasteiger partial charge in [-0.25, -0.2) is 5.06 Å². The Morgan fingerprint density at radius 3 is 2.73 bits per heavy atom. The number of halogens is 1. The molecule has 0 bridgehead atoms. The lowest BCUT2D eigenvalue weighted by Crippen LogP contribution is -2.27. The molecular weight excluding hydrogens is 258 g/mol. The van der Waals surface area contributed by atoms with E-state index < -0.39 is 0 Å². The summed E-state index contributed by atoms with van der Waals surface area (Å²) in [5.74, 6) is 0.0194. The van der Waals surface area contributed by atoms with Gasteiger partial charge in [-0.2, -0.15) is 0 Å². The van der Waals surface area contributed by atoms with Crippen molar-refractivity contribution in [3.05, 3.63) is 35.9 Å². The van der Waals surface area contributed by atoms with E-state index in [1.807, 2.05) is 30.3 Å². The van der Waals surface area contributed by atoms with E-state index in [9.17, 15) is 4.79 Å². The zero-order valence-electron chi connectivity index (χ0n) is 8.23. The highest BCUT2D eigenvalue weighted by Crippen LogP contribution is 2.19. The normalized spacial score (nSPS) is 21.0. The van der Waals surface area contributed by atoms with E-state index in [-0.39, 0.29) is 10.7 Å². The SMILES string of the molecule is O=C1[C@@H](Br)CCN1OCc1ccccc1. The maximum absolute atomic E-state index is 11.5. The smallest absolute Gasteiger partial charge is 0.259 e. The van der Waals surface area contributed by atoms with Crippen LogP contribution in [0.3, 0.4) is 0 Å².